The van der Waals surface area contributed by atoms with Crippen LogP contribution in [0.3, 0.4) is 0 Å². The summed E-state index contributed by atoms with van der Waals surface area (Å²) < 4.78 is 5.34. The number of rotatable bonds is 4. The van der Waals surface area contributed by atoms with E-state index in [1.54, 1.807) is 7.11 Å². The van der Waals surface area contributed by atoms with Crippen LogP contribution in [-0.4, -0.2) is 37.6 Å². The molecule has 1 aromatic heterocycles. The molecule has 2 rings (SSSR count). The molecule has 92 valence electrons. The standard InChI is InChI=1S/C13H19N3O/c1-16(2)11(7-14)10-8-15-13-9(10)5-4-6-12(13)17-3/h4-6,8,11,15H,7,14H2,1-3H3/t11-/m1/s1. The van der Waals surface area contributed by atoms with Crippen LogP contribution in [0, 0.1) is 0 Å². The van der Waals surface area contributed by atoms with E-state index in [2.05, 4.69) is 16.0 Å². The fourth-order valence-electron chi connectivity index (χ4n) is 2.21. The van der Waals surface area contributed by atoms with Gasteiger partial charge in [-0.2, -0.15) is 0 Å². The van der Waals surface area contributed by atoms with Gasteiger partial charge in [-0.05, 0) is 25.7 Å². The Morgan fingerprint density at radius 2 is 2.18 bits per heavy atom. The molecule has 0 unspecified atom stereocenters. The van der Waals surface area contributed by atoms with Gasteiger partial charge in [0, 0.05) is 24.2 Å². The number of aromatic amines is 1. The van der Waals surface area contributed by atoms with Gasteiger partial charge in [-0.25, -0.2) is 0 Å². The highest BCUT2D eigenvalue weighted by molar-refractivity contribution is 5.88. The van der Waals surface area contributed by atoms with Crippen molar-refractivity contribution in [2.75, 3.05) is 27.7 Å². The Bertz CT molecular complexity index is 504. The van der Waals surface area contributed by atoms with E-state index in [9.17, 15) is 0 Å². The zero-order chi connectivity index (χ0) is 12.4. The minimum absolute atomic E-state index is 0.218. The van der Waals surface area contributed by atoms with Gasteiger partial charge in [0.15, 0.2) is 0 Å². The maximum Gasteiger partial charge on any atom is 0.142 e. The lowest BCUT2D eigenvalue weighted by Gasteiger charge is -2.22. The van der Waals surface area contributed by atoms with Gasteiger partial charge in [-0.15, -0.1) is 0 Å². The van der Waals surface area contributed by atoms with Crippen molar-refractivity contribution in [2.24, 2.45) is 5.73 Å². The van der Waals surface area contributed by atoms with Gasteiger partial charge < -0.3 is 20.4 Å². The summed E-state index contributed by atoms with van der Waals surface area (Å²) in [7, 11) is 5.76. The van der Waals surface area contributed by atoms with E-state index in [0.29, 0.717) is 6.54 Å². The van der Waals surface area contributed by atoms with Gasteiger partial charge >= 0.3 is 0 Å². The molecule has 0 aliphatic carbocycles. The van der Waals surface area contributed by atoms with Crippen molar-refractivity contribution in [1.29, 1.82) is 0 Å². The third-order valence-electron chi connectivity index (χ3n) is 3.13. The Labute approximate surface area is 101 Å². The number of methoxy groups -OCH3 is 1. The number of benzene rings is 1. The number of nitrogens with two attached hydrogens (primary N) is 1. The van der Waals surface area contributed by atoms with E-state index in [-0.39, 0.29) is 6.04 Å². The van der Waals surface area contributed by atoms with Crippen LogP contribution in [0.4, 0.5) is 0 Å². The lowest BCUT2D eigenvalue weighted by molar-refractivity contribution is 0.308. The molecule has 0 saturated heterocycles. The number of H-pyrrole nitrogens is 1. The predicted molar refractivity (Wildman–Crippen MR) is 70.3 cm³/mol. The Kier molecular flexibility index (Phi) is 3.36. The van der Waals surface area contributed by atoms with Crippen molar-refractivity contribution in [3.8, 4) is 5.75 Å². The lowest BCUT2D eigenvalue weighted by atomic mass is 10.0. The second kappa shape index (κ2) is 4.77. The molecule has 4 nitrogen and oxygen atoms in total. The first-order valence-corrected chi connectivity index (χ1v) is 5.69. The molecular formula is C13H19N3O. The normalized spacial score (nSPS) is 13.2. The van der Waals surface area contributed by atoms with Crippen LogP contribution >= 0.6 is 0 Å². The Hall–Kier alpha value is -1.52. The summed E-state index contributed by atoms with van der Waals surface area (Å²) in [6.07, 6.45) is 2.02. The molecule has 1 atom stereocenters. The molecule has 1 aromatic carbocycles. The highest BCUT2D eigenvalue weighted by Crippen LogP contribution is 2.31. The highest BCUT2D eigenvalue weighted by atomic mass is 16.5. The maximum atomic E-state index is 5.84. The van der Waals surface area contributed by atoms with Gasteiger partial charge in [0.05, 0.1) is 12.6 Å². The summed E-state index contributed by atoms with van der Waals surface area (Å²) in [6, 6.07) is 6.27. The third-order valence-corrected chi connectivity index (χ3v) is 3.13. The van der Waals surface area contributed by atoms with Gasteiger partial charge in [0.2, 0.25) is 0 Å². The Morgan fingerprint density at radius 3 is 2.76 bits per heavy atom. The number of hydrogen-bond donors (Lipinski definition) is 2. The Morgan fingerprint density at radius 1 is 1.41 bits per heavy atom. The predicted octanol–water partition coefficient (Wildman–Crippen LogP) is 1.74. The molecule has 0 saturated carbocycles. The molecule has 0 radical (unpaired) electrons. The molecule has 0 aliphatic heterocycles. The van der Waals surface area contributed by atoms with Gasteiger partial charge in [0.25, 0.3) is 0 Å². The smallest absolute Gasteiger partial charge is 0.142 e. The molecular weight excluding hydrogens is 214 g/mol. The van der Waals surface area contributed by atoms with Gasteiger partial charge in [-0.3, -0.25) is 0 Å². The first-order chi connectivity index (χ1) is 8.19. The molecule has 17 heavy (non-hydrogen) atoms. The summed E-state index contributed by atoms with van der Waals surface area (Å²) in [4.78, 5) is 5.40. The van der Waals surface area contributed by atoms with Crippen LogP contribution in [-0.2, 0) is 0 Å². The van der Waals surface area contributed by atoms with Crippen LogP contribution in [0.2, 0.25) is 0 Å². The van der Waals surface area contributed by atoms with E-state index in [1.807, 2.05) is 32.4 Å². The summed E-state index contributed by atoms with van der Waals surface area (Å²) >= 11 is 0. The van der Waals surface area contributed by atoms with Crippen molar-refractivity contribution < 1.29 is 4.74 Å². The van der Waals surface area contributed by atoms with Gasteiger partial charge in [0.1, 0.15) is 5.75 Å². The summed E-state index contributed by atoms with van der Waals surface area (Å²) in [5.74, 6) is 0.864. The van der Waals surface area contributed by atoms with Crippen LogP contribution in [0.15, 0.2) is 24.4 Å². The average Bonchev–Trinajstić information content (AvgIpc) is 2.73. The molecule has 1 heterocycles. The van der Waals surface area contributed by atoms with E-state index in [4.69, 9.17) is 10.5 Å². The monoisotopic (exact) mass is 233 g/mol. The third kappa shape index (κ3) is 2.01. The van der Waals surface area contributed by atoms with Crippen LogP contribution in [0.25, 0.3) is 10.9 Å². The highest BCUT2D eigenvalue weighted by Gasteiger charge is 2.17. The van der Waals surface area contributed by atoms with E-state index >= 15 is 0 Å². The quantitative estimate of drug-likeness (QED) is 0.845. The number of hydrogen-bond acceptors (Lipinski definition) is 3. The van der Waals surface area contributed by atoms with Crippen LogP contribution in [0.1, 0.15) is 11.6 Å². The number of fused-ring (bicyclic) bond motifs is 1. The van der Waals surface area contributed by atoms with Crippen molar-refractivity contribution in [3.05, 3.63) is 30.0 Å². The van der Waals surface area contributed by atoms with E-state index < -0.39 is 0 Å². The number of likely N-dealkylation sites (N-methyl/N-ethyl adjacent to an activating group) is 1. The first kappa shape index (κ1) is 12.0. The number of nitrogens with zero attached hydrogens (tertiary/aromatic N) is 1. The molecule has 4 heteroatoms. The van der Waals surface area contributed by atoms with E-state index in [1.165, 1.54) is 10.9 Å². The zero-order valence-corrected chi connectivity index (χ0v) is 10.5. The minimum Gasteiger partial charge on any atom is -0.495 e. The van der Waals surface area contributed by atoms with Crippen molar-refractivity contribution in [1.82, 2.24) is 9.88 Å². The van der Waals surface area contributed by atoms with E-state index in [0.717, 1.165) is 11.3 Å². The van der Waals surface area contributed by atoms with Crippen LogP contribution < -0.4 is 10.5 Å². The van der Waals surface area contributed by atoms with Crippen molar-refractivity contribution >= 4 is 10.9 Å². The summed E-state index contributed by atoms with van der Waals surface area (Å²) in [5, 5.41) is 1.17. The SMILES string of the molecule is COc1cccc2c([C@@H](CN)N(C)C)c[nH]c12. The second-order valence-corrected chi connectivity index (χ2v) is 4.34. The maximum absolute atomic E-state index is 5.84. The number of ether oxygens (including phenoxy) is 1. The average molecular weight is 233 g/mol. The lowest BCUT2D eigenvalue weighted by Crippen LogP contribution is -2.26. The number of para-hydroxylation sites is 1. The number of aromatic nitrogens is 1. The topological polar surface area (TPSA) is 54.3 Å². The van der Waals surface area contributed by atoms with Crippen molar-refractivity contribution in [3.63, 3.8) is 0 Å². The molecule has 0 aliphatic rings. The molecule has 3 N–H and O–H groups in total. The van der Waals surface area contributed by atoms with Gasteiger partial charge in [-0.1, -0.05) is 12.1 Å². The fourth-order valence-corrected chi connectivity index (χ4v) is 2.21. The molecule has 0 spiro atoms. The fraction of sp³-hybridized carbons (Fsp3) is 0.385. The minimum atomic E-state index is 0.218. The largest absolute Gasteiger partial charge is 0.495 e. The zero-order valence-electron chi connectivity index (χ0n) is 10.5. The Balaban J connectivity index is 2.56. The first-order valence-electron chi connectivity index (χ1n) is 5.69. The van der Waals surface area contributed by atoms with Crippen LogP contribution in [0.5, 0.6) is 5.75 Å². The molecule has 0 amide bonds. The molecule has 2 aromatic rings. The molecule has 0 fully saturated rings. The summed E-state index contributed by atoms with van der Waals surface area (Å²) in [6.45, 7) is 0.594. The van der Waals surface area contributed by atoms with Crippen molar-refractivity contribution in [2.45, 2.75) is 6.04 Å². The molecule has 0 bridgehead atoms. The summed E-state index contributed by atoms with van der Waals surface area (Å²) in [5.41, 5.74) is 8.09. The second-order valence-electron chi connectivity index (χ2n) is 4.34. The number of nitrogens with one attached hydrogen (secondary N) is 1.